The van der Waals surface area contributed by atoms with Gasteiger partial charge in [-0.3, -0.25) is 9.89 Å². The van der Waals surface area contributed by atoms with Gasteiger partial charge in [-0.1, -0.05) is 6.92 Å². The summed E-state index contributed by atoms with van der Waals surface area (Å²) >= 11 is 0. The molecular formula is C8H13N3O. The molecule has 0 unspecified atom stereocenters. The van der Waals surface area contributed by atoms with Gasteiger partial charge in [0.05, 0.1) is 12.2 Å². The second-order valence-electron chi connectivity index (χ2n) is 2.69. The molecule has 12 heavy (non-hydrogen) atoms. The number of carbonyl (C=O) groups is 1. The van der Waals surface area contributed by atoms with E-state index in [0.717, 1.165) is 5.69 Å². The number of aromatic nitrogens is 2. The first-order valence-corrected chi connectivity index (χ1v) is 3.96. The summed E-state index contributed by atoms with van der Waals surface area (Å²) in [6, 6.07) is 1.86. The van der Waals surface area contributed by atoms with E-state index in [1.807, 2.05) is 13.0 Å². The van der Waals surface area contributed by atoms with Crippen LogP contribution < -0.4 is 0 Å². The Labute approximate surface area is 71.6 Å². The molecule has 0 aliphatic rings. The summed E-state index contributed by atoms with van der Waals surface area (Å²) in [5.41, 5.74) is 0.958. The second kappa shape index (κ2) is 3.90. The maximum atomic E-state index is 11.1. The third kappa shape index (κ3) is 2.08. The summed E-state index contributed by atoms with van der Waals surface area (Å²) in [7, 11) is 1.78. The molecule has 0 spiro atoms. The fourth-order valence-corrected chi connectivity index (χ4v) is 0.986. The molecule has 0 fully saturated rings. The van der Waals surface area contributed by atoms with Crippen molar-refractivity contribution in [2.45, 2.75) is 19.9 Å². The maximum Gasteiger partial charge on any atom is 0.222 e. The normalized spacial score (nSPS) is 9.83. The highest BCUT2D eigenvalue weighted by atomic mass is 16.2. The van der Waals surface area contributed by atoms with Crippen molar-refractivity contribution < 1.29 is 4.79 Å². The lowest BCUT2D eigenvalue weighted by Crippen LogP contribution is -2.25. The van der Waals surface area contributed by atoms with Gasteiger partial charge in [-0.15, -0.1) is 0 Å². The van der Waals surface area contributed by atoms with Crippen LogP contribution in [0.2, 0.25) is 0 Å². The average Bonchev–Trinajstić information content (AvgIpc) is 2.55. The molecule has 1 aromatic heterocycles. The molecule has 0 aliphatic carbocycles. The van der Waals surface area contributed by atoms with Crippen LogP contribution in [-0.2, 0) is 11.3 Å². The van der Waals surface area contributed by atoms with Gasteiger partial charge < -0.3 is 4.90 Å². The van der Waals surface area contributed by atoms with E-state index in [1.165, 1.54) is 0 Å². The minimum atomic E-state index is 0.143. The highest BCUT2D eigenvalue weighted by Gasteiger charge is 2.06. The van der Waals surface area contributed by atoms with Gasteiger partial charge in [-0.05, 0) is 6.07 Å². The van der Waals surface area contributed by atoms with Crippen molar-refractivity contribution >= 4 is 5.91 Å². The van der Waals surface area contributed by atoms with E-state index in [4.69, 9.17) is 0 Å². The zero-order valence-electron chi connectivity index (χ0n) is 7.37. The average molecular weight is 167 g/mol. The van der Waals surface area contributed by atoms with Gasteiger partial charge in [0.1, 0.15) is 0 Å². The first kappa shape index (κ1) is 8.77. The monoisotopic (exact) mass is 167 g/mol. The standard InChI is InChI=1S/C8H13N3O/c1-3-8(12)11(2)6-7-4-5-9-10-7/h4-5H,3,6H2,1-2H3,(H,9,10). The molecule has 0 saturated heterocycles. The highest BCUT2D eigenvalue weighted by Crippen LogP contribution is 1.99. The summed E-state index contributed by atoms with van der Waals surface area (Å²) < 4.78 is 0. The van der Waals surface area contributed by atoms with Crippen LogP contribution >= 0.6 is 0 Å². The maximum absolute atomic E-state index is 11.1. The minimum Gasteiger partial charge on any atom is -0.340 e. The van der Waals surface area contributed by atoms with Crippen LogP contribution in [0.4, 0.5) is 0 Å². The third-order valence-electron chi connectivity index (χ3n) is 1.69. The Balaban J connectivity index is 2.47. The van der Waals surface area contributed by atoms with Gasteiger partial charge in [-0.2, -0.15) is 5.10 Å². The molecule has 0 saturated carbocycles. The van der Waals surface area contributed by atoms with Crippen molar-refractivity contribution in [3.05, 3.63) is 18.0 Å². The second-order valence-corrected chi connectivity index (χ2v) is 2.69. The Morgan fingerprint density at radius 1 is 1.75 bits per heavy atom. The van der Waals surface area contributed by atoms with Crippen LogP contribution in [0.1, 0.15) is 19.0 Å². The number of rotatable bonds is 3. The van der Waals surface area contributed by atoms with E-state index < -0.39 is 0 Å². The zero-order valence-corrected chi connectivity index (χ0v) is 7.37. The van der Waals surface area contributed by atoms with Gasteiger partial charge in [0.15, 0.2) is 0 Å². The summed E-state index contributed by atoms with van der Waals surface area (Å²) in [4.78, 5) is 12.8. The Morgan fingerprint density at radius 2 is 2.50 bits per heavy atom. The van der Waals surface area contributed by atoms with Crippen molar-refractivity contribution in [2.75, 3.05) is 7.05 Å². The van der Waals surface area contributed by atoms with Crippen molar-refractivity contribution in [1.82, 2.24) is 15.1 Å². The zero-order chi connectivity index (χ0) is 8.97. The SMILES string of the molecule is CCC(=O)N(C)Cc1ccn[nH]1. The Morgan fingerprint density at radius 3 is 3.00 bits per heavy atom. The van der Waals surface area contributed by atoms with Crippen molar-refractivity contribution in [3.63, 3.8) is 0 Å². The number of nitrogens with one attached hydrogen (secondary N) is 1. The van der Waals surface area contributed by atoms with Crippen LogP contribution in [0.25, 0.3) is 0 Å². The molecule has 0 aliphatic heterocycles. The van der Waals surface area contributed by atoms with Crippen LogP contribution in [-0.4, -0.2) is 28.1 Å². The number of H-pyrrole nitrogens is 1. The molecule has 0 atom stereocenters. The van der Waals surface area contributed by atoms with E-state index in [1.54, 1.807) is 18.1 Å². The summed E-state index contributed by atoms with van der Waals surface area (Å²) in [6.07, 6.45) is 2.23. The van der Waals surface area contributed by atoms with Gasteiger partial charge >= 0.3 is 0 Å². The smallest absolute Gasteiger partial charge is 0.222 e. The topological polar surface area (TPSA) is 49.0 Å². The molecule has 1 rings (SSSR count). The summed E-state index contributed by atoms with van der Waals surface area (Å²) in [5, 5.41) is 6.60. The Bertz CT molecular complexity index is 243. The van der Waals surface area contributed by atoms with E-state index in [0.29, 0.717) is 13.0 Å². The molecule has 66 valence electrons. The van der Waals surface area contributed by atoms with Gasteiger partial charge in [0.25, 0.3) is 0 Å². The molecule has 1 amide bonds. The third-order valence-corrected chi connectivity index (χ3v) is 1.69. The number of nitrogens with zero attached hydrogens (tertiary/aromatic N) is 2. The Kier molecular flexibility index (Phi) is 2.85. The predicted molar refractivity (Wildman–Crippen MR) is 45.4 cm³/mol. The number of amides is 1. The van der Waals surface area contributed by atoms with Crippen molar-refractivity contribution in [1.29, 1.82) is 0 Å². The van der Waals surface area contributed by atoms with E-state index >= 15 is 0 Å². The van der Waals surface area contributed by atoms with Gasteiger partial charge in [0.2, 0.25) is 5.91 Å². The molecule has 4 nitrogen and oxygen atoms in total. The van der Waals surface area contributed by atoms with Crippen LogP contribution in [0.15, 0.2) is 12.3 Å². The largest absolute Gasteiger partial charge is 0.340 e. The minimum absolute atomic E-state index is 0.143. The highest BCUT2D eigenvalue weighted by molar-refractivity contribution is 5.75. The fourth-order valence-electron chi connectivity index (χ4n) is 0.986. The quantitative estimate of drug-likeness (QED) is 0.723. The summed E-state index contributed by atoms with van der Waals surface area (Å²) in [6.45, 7) is 2.46. The number of aromatic amines is 1. The molecule has 1 aromatic rings. The molecule has 1 heterocycles. The molecule has 1 N–H and O–H groups in total. The van der Waals surface area contributed by atoms with Crippen LogP contribution in [0.3, 0.4) is 0 Å². The van der Waals surface area contributed by atoms with Crippen LogP contribution in [0, 0.1) is 0 Å². The van der Waals surface area contributed by atoms with E-state index in [2.05, 4.69) is 10.2 Å². The van der Waals surface area contributed by atoms with E-state index in [9.17, 15) is 4.79 Å². The number of carbonyl (C=O) groups excluding carboxylic acids is 1. The van der Waals surface area contributed by atoms with Crippen molar-refractivity contribution in [3.8, 4) is 0 Å². The lowest BCUT2D eigenvalue weighted by Gasteiger charge is -2.14. The molecule has 0 bridgehead atoms. The van der Waals surface area contributed by atoms with E-state index in [-0.39, 0.29) is 5.91 Å². The van der Waals surface area contributed by atoms with Gasteiger partial charge in [-0.25, -0.2) is 0 Å². The van der Waals surface area contributed by atoms with Gasteiger partial charge in [0, 0.05) is 19.7 Å². The summed E-state index contributed by atoms with van der Waals surface area (Å²) in [5.74, 6) is 0.143. The molecule has 0 radical (unpaired) electrons. The lowest BCUT2D eigenvalue weighted by atomic mass is 10.3. The first-order valence-electron chi connectivity index (χ1n) is 3.96. The molecular weight excluding hydrogens is 154 g/mol. The Hall–Kier alpha value is -1.32. The fraction of sp³-hybridized carbons (Fsp3) is 0.500. The predicted octanol–water partition coefficient (Wildman–Crippen LogP) is 0.778. The number of hydrogen-bond acceptors (Lipinski definition) is 2. The van der Waals surface area contributed by atoms with Crippen molar-refractivity contribution in [2.24, 2.45) is 0 Å². The molecule has 0 aromatic carbocycles. The molecule has 4 heteroatoms. The van der Waals surface area contributed by atoms with Crippen LogP contribution in [0.5, 0.6) is 0 Å². The number of hydrogen-bond donors (Lipinski definition) is 1. The first-order chi connectivity index (χ1) is 5.74. The lowest BCUT2D eigenvalue weighted by molar-refractivity contribution is -0.130.